The molecule has 0 unspecified atom stereocenters. The smallest absolute Gasteiger partial charge is 0.267 e. The number of carbonyl (C=O) groups is 1. The molecule has 5 heteroatoms. The minimum Gasteiger partial charge on any atom is -0.375 e. The maximum atomic E-state index is 12.3. The van der Waals surface area contributed by atoms with Crippen LogP contribution in [0.2, 0.25) is 0 Å². The molecule has 1 aromatic heterocycles. The number of hydrogen-bond donors (Lipinski definition) is 2. The Kier molecular flexibility index (Phi) is 3.44. The van der Waals surface area contributed by atoms with Gasteiger partial charge in [0.2, 0.25) is 0 Å². The first-order chi connectivity index (χ1) is 9.65. The Morgan fingerprint density at radius 3 is 2.90 bits per heavy atom. The van der Waals surface area contributed by atoms with Crippen molar-refractivity contribution in [3.63, 3.8) is 0 Å². The fraction of sp³-hybridized carbons (Fsp3) is 0.333. The molecule has 1 heterocycles. The summed E-state index contributed by atoms with van der Waals surface area (Å²) in [5, 5.41) is 3.45. The summed E-state index contributed by atoms with van der Waals surface area (Å²) in [4.78, 5) is 17.0. The molecule has 0 radical (unpaired) electrons. The SMILES string of the molecule is Cc1nc(N)sc1C(=O)Nc1cccc2c1CCCC2. The number of benzene rings is 1. The van der Waals surface area contributed by atoms with Crippen molar-refractivity contribution in [3.8, 4) is 0 Å². The number of nitrogens with zero attached hydrogens (tertiary/aromatic N) is 1. The van der Waals surface area contributed by atoms with Gasteiger partial charge >= 0.3 is 0 Å². The topological polar surface area (TPSA) is 68.0 Å². The van der Waals surface area contributed by atoms with Crippen molar-refractivity contribution in [1.29, 1.82) is 0 Å². The normalized spacial score (nSPS) is 13.8. The molecule has 0 fully saturated rings. The van der Waals surface area contributed by atoms with E-state index in [9.17, 15) is 4.79 Å². The predicted molar refractivity (Wildman–Crippen MR) is 82.3 cm³/mol. The van der Waals surface area contributed by atoms with E-state index in [4.69, 9.17) is 5.73 Å². The van der Waals surface area contributed by atoms with Crippen molar-refractivity contribution in [2.24, 2.45) is 0 Å². The van der Waals surface area contributed by atoms with Gasteiger partial charge in [-0.2, -0.15) is 0 Å². The highest BCUT2D eigenvalue weighted by Crippen LogP contribution is 2.29. The third-order valence-corrected chi connectivity index (χ3v) is 4.65. The van der Waals surface area contributed by atoms with Crippen molar-refractivity contribution in [2.75, 3.05) is 11.1 Å². The Labute approximate surface area is 122 Å². The van der Waals surface area contributed by atoms with Gasteiger partial charge in [0.1, 0.15) is 4.88 Å². The van der Waals surface area contributed by atoms with Gasteiger partial charge in [-0.15, -0.1) is 0 Å². The van der Waals surface area contributed by atoms with Gasteiger partial charge in [-0.25, -0.2) is 4.98 Å². The first kappa shape index (κ1) is 13.1. The Bertz CT molecular complexity index is 663. The molecule has 0 aliphatic heterocycles. The second-order valence-electron chi connectivity index (χ2n) is 5.07. The third-order valence-electron chi connectivity index (χ3n) is 3.66. The number of nitrogens with two attached hydrogens (primary N) is 1. The van der Waals surface area contributed by atoms with Crippen molar-refractivity contribution in [2.45, 2.75) is 32.6 Å². The van der Waals surface area contributed by atoms with E-state index in [0.29, 0.717) is 15.7 Å². The molecule has 20 heavy (non-hydrogen) atoms. The van der Waals surface area contributed by atoms with E-state index in [0.717, 1.165) is 18.5 Å². The van der Waals surface area contributed by atoms with E-state index in [1.54, 1.807) is 0 Å². The second-order valence-corrected chi connectivity index (χ2v) is 6.10. The number of amides is 1. The quantitative estimate of drug-likeness (QED) is 0.891. The minimum atomic E-state index is -0.115. The van der Waals surface area contributed by atoms with Crippen LogP contribution in [0.15, 0.2) is 18.2 Å². The molecule has 0 saturated carbocycles. The van der Waals surface area contributed by atoms with Gasteiger partial charge in [0, 0.05) is 5.69 Å². The number of hydrogen-bond acceptors (Lipinski definition) is 4. The van der Waals surface area contributed by atoms with Crippen molar-refractivity contribution in [1.82, 2.24) is 4.98 Å². The molecule has 3 rings (SSSR count). The maximum absolute atomic E-state index is 12.3. The van der Waals surface area contributed by atoms with Crippen LogP contribution in [-0.2, 0) is 12.8 Å². The van der Waals surface area contributed by atoms with E-state index in [-0.39, 0.29) is 5.91 Å². The number of rotatable bonds is 2. The molecule has 1 amide bonds. The highest BCUT2D eigenvalue weighted by atomic mass is 32.1. The van der Waals surface area contributed by atoms with Crippen LogP contribution in [0.4, 0.5) is 10.8 Å². The molecule has 1 aliphatic rings. The summed E-state index contributed by atoms with van der Waals surface area (Å²) in [5.74, 6) is -0.115. The van der Waals surface area contributed by atoms with E-state index < -0.39 is 0 Å². The van der Waals surface area contributed by atoms with Gasteiger partial charge in [-0.1, -0.05) is 23.5 Å². The molecule has 4 nitrogen and oxygen atoms in total. The largest absolute Gasteiger partial charge is 0.375 e. The van der Waals surface area contributed by atoms with Gasteiger partial charge in [0.15, 0.2) is 5.13 Å². The molecule has 104 valence electrons. The van der Waals surface area contributed by atoms with Crippen LogP contribution in [0.5, 0.6) is 0 Å². The number of nitrogens with one attached hydrogen (secondary N) is 1. The van der Waals surface area contributed by atoms with Crippen LogP contribution in [0.3, 0.4) is 0 Å². The summed E-state index contributed by atoms with van der Waals surface area (Å²) in [5.41, 5.74) is 9.90. The molecule has 0 atom stereocenters. The Morgan fingerprint density at radius 1 is 1.35 bits per heavy atom. The average Bonchev–Trinajstić information content (AvgIpc) is 2.78. The summed E-state index contributed by atoms with van der Waals surface area (Å²) < 4.78 is 0. The summed E-state index contributed by atoms with van der Waals surface area (Å²) in [6.45, 7) is 1.81. The van der Waals surface area contributed by atoms with Gasteiger partial charge in [0.25, 0.3) is 5.91 Å². The van der Waals surface area contributed by atoms with E-state index in [1.165, 1.54) is 35.3 Å². The van der Waals surface area contributed by atoms with Gasteiger partial charge in [-0.3, -0.25) is 4.79 Å². The molecule has 1 aliphatic carbocycles. The lowest BCUT2D eigenvalue weighted by Crippen LogP contribution is -2.15. The summed E-state index contributed by atoms with van der Waals surface area (Å²) >= 11 is 1.23. The highest BCUT2D eigenvalue weighted by Gasteiger charge is 2.18. The molecule has 1 aromatic carbocycles. The number of anilines is 2. The van der Waals surface area contributed by atoms with Crippen LogP contribution in [0.25, 0.3) is 0 Å². The first-order valence-electron chi connectivity index (χ1n) is 6.80. The van der Waals surface area contributed by atoms with Crippen molar-refractivity contribution >= 4 is 28.1 Å². The Morgan fingerprint density at radius 2 is 2.15 bits per heavy atom. The van der Waals surface area contributed by atoms with E-state index >= 15 is 0 Å². The molecule has 0 bridgehead atoms. The number of aromatic nitrogens is 1. The van der Waals surface area contributed by atoms with Crippen LogP contribution in [0.1, 0.15) is 39.3 Å². The Balaban J connectivity index is 1.88. The lowest BCUT2D eigenvalue weighted by atomic mass is 9.90. The molecule has 0 spiro atoms. The molecular weight excluding hydrogens is 270 g/mol. The maximum Gasteiger partial charge on any atom is 0.267 e. The summed E-state index contributed by atoms with van der Waals surface area (Å²) in [6, 6.07) is 6.13. The molecular formula is C15H17N3OS. The molecule has 0 saturated heterocycles. The monoisotopic (exact) mass is 287 g/mol. The number of carbonyl (C=O) groups excluding carboxylic acids is 1. The zero-order valence-corrected chi connectivity index (χ0v) is 12.2. The van der Waals surface area contributed by atoms with Gasteiger partial charge in [0.05, 0.1) is 5.69 Å². The van der Waals surface area contributed by atoms with E-state index in [2.05, 4.69) is 16.4 Å². The lowest BCUT2D eigenvalue weighted by Gasteiger charge is -2.19. The Hall–Kier alpha value is -1.88. The number of nitrogen functional groups attached to an aromatic ring is 1. The van der Waals surface area contributed by atoms with Crippen LogP contribution >= 0.6 is 11.3 Å². The molecule has 2 aromatic rings. The zero-order chi connectivity index (χ0) is 14.1. The van der Waals surface area contributed by atoms with Crippen LogP contribution in [-0.4, -0.2) is 10.9 Å². The fourth-order valence-electron chi connectivity index (χ4n) is 2.71. The average molecular weight is 287 g/mol. The minimum absolute atomic E-state index is 0.115. The number of aryl methyl sites for hydroxylation is 2. The van der Waals surface area contributed by atoms with Crippen LogP contribution in [0, 0.1) is 6.92 Å². The number of fused-ring (bicyclic) bond motifs is 1. The fourth-order valence-corrected chi connectivity index (χ4v) is 3.43. The van der Waals surface area contributed by atoms with Crippen molar-refractivity contribution < 1.29 is 4.79 Å². The second kappa shape index (κ2) is 5.25. The first-order valence-corrected chi connectivity index (χ1v) is 7.62. The zero-order valence-electron chi connectivity index (χ0n) is 11.4. The van der Waals surface area contributed by atoms with Crippen LogP contribution < -0.4 is 11.1 Å². The standard InChI is InChI=1S/C15H17N3OS/c1-9-13(20-15(16)17-9)14(19)18-12-8-4-6-10-5-2-3-7-11(10)12/h4,6,8H,2-3,5,7H2,1H3,(H2,16,17)(H,18,19). The predicted octanol–water partition coefficient (Wildman–Crippen LogP) is 3.16. The third kappa shape index (κ3) is 2.41. The molecule has 3 N–H and O–H groups in total. The highest BCUT2D eigenvalue weighted by molar-refractivity contribution is 7.17. The lowest BCUT2D eigenvalue weighted by molar-refractivity contribution is 0.102. The van der Waals surface area contributed by atoms with E-state index in [1.807, 2.05) is 19.1 Å². The van der Waals surface area contributed by atoms with Gasteiger partial charge < -0.3 is 11.1 Å². The summed E-state index contributed by atoms with van der Waals surface area (Å²) in [6.07, 6.45) is 4.56. The summed E-state index contributed by atoms with van der Waals surface area (Å²) in [7, 11) is 0. The van der Waals surface area contributed by atoms with Crippen molar-refractivity contribution in [3.05, 3.63) is 39.9 Å². The van der Waals surface area contributed by atoms with Gasteiger partial charge in [-0.05, 0) is 49.8 Å². The number of thiazole rings is 1.